The summed E-state index contributed by atoms with van der Waals surface area (Å²) in [5.41, 5.74) is 9.06. The quantitative estimate of drug-likeness (QED) is 0.195. The standard InChI is InChI=1S/C39H25N5O/c1-4-12-26(13-5-1)36-42-37(27-14-6-2-7-15-27)44-38(43-36)30-19-10-18-29(22-30)32-23-33(31-20-11-21-40-25-31)35-34(24-32)45-39(41-35)28-16-8-3-9-17-28/h1-25H. The van der Waals surface area contributed by atoms with Crippen LogP contribution in [0.2, 0.25) is 0 Å². The van der Waals surface area contributed by atoms with Gasteiger partial charge in [0.25, 0.3) is 0 Å². The summed E-state index contributed by atoms with van der Waals surface area (Å²) < 4.78 is 6.36. The third-order valence-corrected chi connectivity index (χ3v) is 7.64. The van der Waals surface area contributed by atoms with E-state index in [-0.39, 0.29) is 0 Å². The minimum atomic E-state index is 0.578. The van der Waals surface area contributed by atoms with Crippen molar-refractivity contribution in [2.45, 2.75) is 0 Å². The lowest BCUT2D eigenvalue weighted by atomic mass is 9.97. The fraction of sp³-hybridized carbons (Fsp3) is 0. The fourth-order valence-electron chi connectivity index (χ4n) is 5.42. The predicted molar refractivity (Wildman–Crippen MR) is 178 cm³/mol. The van der Waals surface area contributed by atoms with Gasteiger partial charge in [-0.2, -0.15) is 0 Å². The van der Waals surface area contributed by atoms with Gasteiger partial charge in [0, 0.05) is 45.8 Å². The predicted octanol–water partition coefficient (Wildman–Crippen LogP) is 9.41. The largest absolute Gasteiger partial charge is 0.436 e. The maximum atomic E-state index is 6.36. The van der Waals surface area contributed by atoms with Crippen LogP contribution in [0.3, 0.4) is 0 Å². The van der Waals surface area contributed by atoms with Crippen molar-refractivity contribution in [2.75, 3.05) is 0 Å². The van der Waals surface area contributed by atoms with Gasteiger partial charge >= 0.3 is 0 Å². The van der Waals surface area contributed by atoms with Gasteiger partial charge in [0.2, 0.25) is 5.89 Å². The van der Waals surface area contributed by atoms with Crippen LogP contribution in [0.1, 0.15) is 0 Å². The first-order valence-corrected chi connectivity index (χ1v) is 14.7. The Kier molecular flexibility index (Phi) is 6.70. The van der Waals surface area contributed by atoms with E-state index < -0.39 is 0 Å². The molecule has 0 radical (unpaired) electrons. The van der Waals surface area contributed by atoms with E-state index in [9.17, 15) is 0 Å². The molecule has 0 spiro atoms. The third kappa shape index (κ3) is 5.26. The summed E-state index contributed by atoms with van der Waals surface area (Å²) >= 11 is 0. The molecule has 0 fully saturated rings. The van der Waals surface area contributed by atoms with E-state index in [2.05, 4.69) is 23.2 Å². The Balaban J connectivity index is 1.28. The van der Waals surface area contributed by atoms with Gasteiger partial charge in [-0.1, -0.05) is 103 Å². The molecule has 212 valence electrons. The SMILES string of the molecule is c1ccc(-c2nc(-c3ccccc3)nc(-c3cccc(-c4cc(-c5cccnc5)c5nc(-c6ccccc6)oc5c4)c3)n2)cc1. The Hall–Kier alpha value is -6.27. The second-order valence-electron chi connectivity index (χ2n) is 10.6. The van der Waals surface area contributed by atoms with Crippen molar-refractivity contribution in [3.8, 4) is 67.9 Å². The van der Waals surface area contributed by atoms with Crippen molar-refractivity contribution in [2.24, 2.45) is 0 Å². The van der Waals surface area contributed by atoms with E-state index in [1.807, 2.05) is 128 Å². The molecule has 6 heteroatoms. The van der Waals surface area contributed by atoms with E-state index in [0.29, 0.717) is 28.9 Å². The zero-order valence-electron chi connectivity index (χ0n) is 24.1. The molecule has 5 aromatic carbocycles. The van der Waals surface area contributed by atoms with Crippen LogP contribution in [0.5, 0.6) is 0 Å². The summed E-state index contributed by atoms with van der Waals surface area (Å²) in [5, 5.41) is 0. The van der Waals surface area contributed by atoms with Crippen LogP contribution in [0.4, 0.5) is 0 Å². The Morgan fingerprint density at radius 3 is 1.58 bits per heavy atom. The molecule has 0 N–H and O–H groups in total. The second kappa shape index (κ2) is 11.4. The molecule has 6 nitrogen and oxygen atoms in total. The number of rotatable bonds is 6. The summed E-state index contributed by atoms with van der Waals surface area (Å²) in [6.07, 6.45) is 3.63. The van der Waals surface area contributed by atoms with E-state index in [4.69, 9.17) is 24.4 Å². The van der Waals surface area contributed by atoms with E-state index in [0.717, 1.165) is 50.0 Å². The number of fused-ring (bicyclic) bond motifs is 1. The van der Waals surface area contributed by atoms with Gasteiger partial charge in [-0.15, -0.1) is 0 Å². The highest BCUT2D eigenvalue weighted by molar-refractivity contribution is 5.96. The summed E-state index contributed by atoms with van der Waals surface area (Å²) in [4.78, 5) is 24.0. The monoisotopic (exact) mass is 579 g/mol. The highest BCUT2D eigenvalue weighted by atomic mass is 16.3. The van der Waals surface area contributed by atoms with Crippen LogP contribution in [0.15, 0.2) is 156 Å². The minimum absolute atomic E-state index is 0.578. The highest BCUT2D eigenvalue weighted by Gasteiger charge is 2.17. The average molecular weight is 580 g/mol. The van der Waals surface area contributed by atoms with Gasteiger partial charge in [-0.3, -0.25) is 4.98 Å². The second-order valence-corrected chi connectivity index (χ2v) is 10.6. The lowest BCUT2D eigenvalue weighted by molar-refractivity contribution is 0.620. The first kappa shape index (κ1) is 26.4. The number of benzene rings is 5. The Labute approximate surface area is 259 Å². The molecule has 3 heterocycles. The van der Waals surface area contributed by atoms with Gasteiger partial charge < -0.3 is 4.42 Å². The topological polar surface area (TPSA) is 77.6 Å². The van der Waals surface area contributed by atoms with E-state index in [1.54, 1.807) is 6.20 Å². The molecular weight excluding hydrogens is 554 g/mol. The Morgan fingerprint density at radius 1 is 0.400 bits per heavy atom. The number of nitrogens with zero attached hydrogens (tertiary/aromatic N) is 5. The van der Waals surface area contributed by atoms with Crippen LogP contribution in [-0.4, -0.2) is 24.9 Å². The maximum Gasteiger partial charge on any atom is 0.227 e. The Bertz CT molecular complexity index is 2190. The molecule has 0 amide bonds. The first-order chi connectivity index (χ1) is 22.3. The van der Waals surface area contributed by atoms with E-state index in [1.165, 1.54) is 0 Å². The van der Waals surface area contributed by atoms with Crippen LogP contribution >= 0.6 is 0 Å². The lowest BCUT2D eigenvalue weighted by Gasteiger charge is -2.10. The molecule has 0 unspecified atom stereocenters. The lowest BCUT2D eigenvalue weighted by Crippen LogP contribution is -2.00. The summed E-state index contributed by atoms with van der Waals surface area (Å²) in [7, 11) is 0. The molecule has 0 aliphatic rings. The van der Waals surface area contributed by atoms with Crippen molar-refractivity contribution < 1.29 is 4.42 Å². The fourth-order valence-corrected chi connectivity index (χ4v) is 5.42. The summed E-state index contributed by atoms with van der Waals surface area (Å²) in [6, 6.07) is 46.4. The smallest absolute Gasteiger partial charge is 0.227 e. The van der Waals surface area contributed by atoms with Crippen molar-refractivity contribution in [1.82, 2.24) is 24.9 Å². The number of hydrogen-bond acceptors (Lipinski definition) is 6. The van der Waals surface area contributed by atoms with Gasteiger partial charge in [0.1, 0.15) is 5.52 Å². The first-order valence-electron chi connectivity index (χ1n) is 14.7. The van der Waals surface area contributed by atoms with Gasteiger partial charge in [0.15, 0.2) is 23.1 Å². The minimum Gasteiger partial charge on any atom is -0.436 e. The molecule has 0 atom stereocenters. The van der Waals surface area contributed by atoms with E-state index >= 15 is 0 Å². The highest BCUT2D eigenvalue weighted by Crippen LogP contribution is 2.37. The van der Waals surface area contributed by atoms with Crippen LogP contribution < -0.4 is 0 Å². The molecule has 0 aliphatic carbocycles. The molecule has 0 saturated carbocycles. The molecule has 45 heavy (non-hydrogen) atoms. The molecule has 8 rings (SSSR count). The normalized spacial score (nSPS) is 11.1. The molecule has 8 aromatic rings. The van der Waals surface area contributed by atoms with Gasteiger partial charge in [-0.25, -0.2) is 19.9 Å². The van der Waals surface area contributed by atoms with Gasteiger partial charge in [-0.05, 0) is 47.5 Å². The van der Waals surface area contributed by atoms with Crippen molar-refractivity contribution in [3.63, 3.8) is 0 Å². The van der Waals surface area contributed by atoms with Crippen LogP contribution in [-0.2, 0) is 0 Å². The molecule has 3 aromatic heterocycles. The van der Waals surface area contributed by atoms with Crippen LogP contribution in [0, 0.1) is 0 Å². The average Bonchev–Trinajstić information content (AvgIpc) is 3.57. The number of pyridine rings is 1. The molecule has 0 saturated heterocycles. The van der Waals surface area contributed by atoms with Crippen LogP contribution in [0.25, 0.3) is 79.0 Å². The number of oxazole rings is 1. The zero-order valence-corrected chi connectivity index (χ0v) is 24.1. The molecule has 0 aliphatic heterocycles. The molecular formula is C39H25N5O. The number of hydrogen-bond donors (Lipinski definition) is 0. The molecule has 0 bridgehead atoms. The summed E-state index contributed by atoms with van der Waals surface area (Å²) in [6.45, 7) is 0. The third-order valence-electron chi connectivity index (χ3n) is 7.64. The van der Waals surface area contributed by atoms with Crippen molar-refractivity contribution in [3.05, 3.63) is 152 Å². The van der Waals surface area contributed by atoms with Crippen molar-refractivity contribution in [1.29, 1.82) is 0 Å². The van der Waals surface area contributed by atoms with Crippen molar-refractivity contribution >= 4 is 11.1 Å². The Morgan fingerprint density at radius 2 is 0.956 bits per heavy atom. The zero-order chi connectivity index (χ0) is 30.0. The van der Waals surface area contributed by atoms with Gasteiger partial charge in [0.05, 0.1) is 0 Å². The maximum absolute atomic E-state index is 6.36. The number of aromatic nitrogens is 5. The summed E-state index contributed by atoms with van der Waals surface area (Å²) in [5.74, 6) is 2.43.